The maximum atomic E-state index is 12.5. The highest BCUT2D eigenvalue weighted by Gasteiger charge is 2.22. The van der Waals surface area contributed by atoms with E-state index in [0.29, 0.717) is 6.54 Å². The molecule has 1 fully saturated rings. The molecule has 0 saturated carbocycles. The van der Waals surface area contributed by atoms with Gasteiger partial charge in [-0.3, -0.25) is 4.90 Å². The smallest absolute Gasteiger partial charge is 0.317 e. The molecule has 1 aromatic heterocycles. The lowest BCUT2D eigenvalue weighted by Crippen LogP contribution is -2.52. The van der Waals surface area contributed by atoms with Gasteiger partial charge >= 0.3 is 6.03 Å². The Bertz CT molecular complexity index is 666. The molecule has 1 aromatic carbocycles. The van der Waals surface area contributed by atoms with Crippen LogP contribution in [0.15, 0.2) is 47.8 Å². The van der Waals surface area contributed by atoms with Crippen molar-refractivity contribution in [3.63, 3.8) is 0 Å². The van der Waals surface area contributed by atoms with Crippen LogP contribution in [0.5, 0.6) is 0 Å². The zero-order chi connectivity index (χ0) is 18.4. The second-order valence-electron chi connectivity index (χ2n) is 6.93. The van der Waals surface area contributed by atoms with Gasteiger partial charge in [0.25, 0.3) is 0 Å². The van der Waals surface area contributed by atoms with E-state index in [-0.39, 0.29) is 12.1 Å². The molecule has 26 heavy (non-hydrogen) atoms. The van der Waals surface area contributed by atoms with Gasteiger partial charge < -0.3 is 15.1 Å². The first kappa shape index (κ1) is 18.9. The van der Waals surface area contributed by atoms with Crippen molar-refractivity contribution in [2.24, 2.45) is 0 Å². The summed E-state index contributed by atoms with van der Waals surface area (Å²) in [6.45, 7) is 5.00. The van der Waals surface area contributed by atoms with E-state index in [1.54, 1.807) is 11.3 Å². The summed E-state index contributed by atoms with van der Waals surface area (Å²) in [4.78, 5) is 20.3. The average molecular weight is 373 g/mol. The number of hydrogen-bond donors (Lipinski definition) is 1. The molecule has 1 aliphatic rings. The van der Waals surface area contributed by atoms with Crippen molar-refractivity contribution < 1.29 is 4.79 Å². The molecule has 3 rings (SSSR count). The standard InChI is InChI=1S/C20H28N4OS/c1-22(2)18(19-9-6-14-26-19)15-21-20(25)24-12-10-23(11-13-24)16-17-7-4-3-5-8-17/h3-9,14,18H,10-13,15-16H2,1-2H3,(H,21,25). The Labute approximate surface area is 160 Å². The molecule has 0 aliphatic carbocycles. The normalized spacial score (nSPS) is 16.7. The number of nitrogens with one attached hydrogen (secondary N) is 1. The van der Waals surface area contributed by atoms with Gasteiger partial charge in [-0.2, -0.15) is 0 Å². The van der Waals surface area contributed by atoms with Crippen LogP contribution in [0.2, 0.25) is 0 Å². The van der Waals surface area contributed by atoms with E-state index in [0.717, 1.165) is 32.7 Å². The molecule has 1 saturated heterocycles. The predicted octanol–water partition coefficient (Wildman–Crippen LogP) is 2.88. The maximum absolute atomic E-state index is 12.5. The second-order valence-corrected chi connectivity index (χ2v) is 7.91. The number of hydrogen-bond acceptors (Lipinski definition) is 4. The van der Waals surface area contributed by atoms with E-state index in [9.17, 15) is 4.79 Å². The van der Waals surface area contributed by atoms with Crippen LogP contribution in [0.4, 0.5) is 4.79 Å². The van der Waals surface area contributed by atoms with E-state index in [1.165, 1.54) is 10.4 Å². The van der Waals surface area contributed by atoms with Crippen LogP contribution >= 0.6 is 11.3 Å². The number of likely N-dealkylation sites (N-methyl/N-ethyl adjacent to an activating group) is 1. The first-order chi connectivity index (χ1) is 12.6. The van der Waals surface area contributed by atoms with Crippen LogP contribution < -0.4 is 5.32 Å². The van der Waals surface area contributed by atoms with Gasteiger partial charge in [-0.05, 0) is 31.1 Å². The maximum Gasteiger partial charge on any atom is 0.317 e. The van der Waals surface area contributed by atoms with Crippen molar-refractivity contribution >= 4 is 17.4 Å². The Hall–Kier alpha value is -1.89. The average Bonchev–Trinajstić information content (AvgIpc) is 3.17. The Kier molecular flexibility index (Phi) is 6.66. The van der Waals surface area contributed by atoms with Crippen LogP contribution in [0, 0.1) is 0 Å². The van der Waals surface area contributed by atoms with Crippen LogP contribution in [0.25, 0.3) is 0 Å². The monoisotopic (exact) mass is 372 g/mol. The molecule has 0 spiro atoms. The minimum Gasteiger partial charge on any atom is -0.336 e. The van der Waals surface area contributed by atoms with Crippen molar-refractivity contribution in [1.29, 1.82) is 0 Å². The summed E-state index contributed by atoms with van der Waals surface area (Å²) in [6, 6.07) is 15.0. The molecular weight excluding hydrogens is 344 g/mol. The molecule has 1 aliphatic heterocycles. The fraction of sp³-hybridized carbons (Fsp3) is 0.450. The van der Waals surface area contributed by atoms with Crippen molar-refractivity contribution in [3.05, 3.63) is 58.3 Å². The summed E-state index contributed by atoms with van der Waals surface area (Å²) in [5.41, 5.74) is 1.33. The number of benzene rings is 1. The predicted molar refractivity (Wildman–Crippen MR) is 107 cm³/mol. The molecule has 1 atom stereocenters. The van der Waals surface area contributed by atoms with Crippen LogP contribution in [0.1, 0.15) is 16.5 Å². The SMILES string of the molecule is CN(C)C(CNC(=O)N1CCN(Cc2ccccc2)CC1)c1cccs1. The Balaban J connectivity index is 1.45. The summed E-state index contributed by atoms with van der Waals surface area (Å²) in [6.07, 6.45) is 0. The van der Waals surface area contributed by atoms with Crippen molar-refractivity contribution in [1.82, 2.24) is 20.0 Å². The van der Waals surface area contributed by atoms with Gasteiger partial charge in [-0.1, -0.05) is 36.4 Å². The molecule has 2 heterocycles. The molecule has 0 radical (unpaired) electrons. The number of nitrogens with zero attached hydrogens (tertiary/aromatic N) is 3. The summed E-state index contributed by atoms with van der Waals surface area (Å²) in [7, 11) is 4.11. The zero-order valence-corrected chi connectivity index (χ0v) is 16.4. The van der Waals surface area contributed by atoms with Gasteiger partial charge in [0.15, 0.2) is 0 Å². The molecule has 2 amide bonds. The van der Waals surface area contributed by atoms with Crippen molar-refractivity contribution in [3.8, 4) is 0 Å². The number of amides is 2. The minimum atomic E-state index is 0.0489. The first-order valence-corrected chi connectivity index (χ1v) is 10.0. The third kappa shape index (κ3) is 5.06. The van der Waals surface area contributed by atoms with Gasteiger partial charge in [-0.25, -0.2) is 4.79 Å². The number of thiophene rings is 1. The Morgan fingerprint density at radius 2 is 1.85 bits per heavy atom. The highest BCUT2D eigenvalue weighted by Crippen LogP contribution is 2.22. The molecule has 2 aromatic rings. The summed E-state index contributed by atoms with van der Waals surface area (Å²) in [5, 5.41) is 5.20. The van der Waals surface area contributed by atoms with Gasteiger partial charge in [-0.15, -0.1) is 11.3 Å². The van der Waals surface area contributed by atoms with Gasteiger partial charge in [0.2, 0.25) is 0 Å². The van der Waals surface area contributed by atoms with E-state index < -0.39 is 0 Å². The number of urea groups is 1. The summed E-state index contributed by atoms with van der Waals surface area (Å²) in [5.74, 6) is 0. The fourth-order valence-corrected chi connectivity index (χ4v) is 4.19. The Morgan fingerprint density at radius 1 is 1.12 bits per heavy atom. The summed E-state index contributed by atoms with van der Waals surface area (Å²) >= 11 is 1.73. The third-order valence-corrected chi connectivity index (χ3v) is 5.82. The topological polar surface area (TPSA) is 38.8 Å². The van der Waals surface area contributed by atoms with Crippen LogP contribution in [-0.2, 0) is 6.54 Å². The Morgan fingerprint density at radius 3 is 2.46 bits per heavy atom. The lowest BCUT2D eigenvalue weighted by atomic mass is 10.2. The third-order valence-electron chi connectivity index (χ3n) is 4.85. The van der Waals surface area contributed by atoms with E-state index in [4.69, 9.17) is 0 Å². The lowest BCUT2D eigenvalue weighted by molar-refractivity contribution is 0.133. The molecule has 6 heteroatoms. The van der Waals surface area contributed by atoms with E-state index in [1.807, 2.05) is 11.0 Å². The second kappa shape index (κ2) is 9.16. The summed E-state index contributed by atoms with van der Waals surface area (Å²) < 4.78 is 0. The van der Waals surface area contributed by atoms with Crippen molar-refractivity contribution in [2.75, 3.05) is 46.8 Å². The van der Waals surface area contributed by atoms with E-state index >= 15 is 0 Å². The number of rotatable bonds is 6. The van der Waals surface area contributed by atoms with Gasteiger partial charge in [0.05, 0.1) is 6.04 Å². The minimum absolute atomic E-state index is 0.0489. The van der Waals surface area contributed by atoms with Crippen LogP contribution in [-0.4, -0.2) is 67.5 Å². The molecule has 5 nitrogen and oxygen atoms in total. The lowest BCUT2D eigenvalue weighted by Gasteiger charge is -2.35. The number of carbonyl (C=O) groups excluding carboxylic acids is 1. The van der Waals surface area contributed by atoms with E-state index in [2.05, 4.69) is 71.0 Å². The zero-order valence-electron chi connectivity index (χ0n) is 15.6. The molecule has 1 unspecified atom stereocenters. The van der Waals surface area contributed by atoms with Gasteiger partial charge in [0.1, 0.15) is 0 Å². The highest BCUT2D eigenvalue weighted by atomic mass is 32.1. The largest absolute Gasteiger partial charge is 0.336 e. The fourth-order valence-electron chi connectivity index (χ4n) is 3.27. The quantitative estimate of drug-likeness (QED) is 0.847. The molecule has 1 N–H and O–H groups in total. The first-order valence-electron chi connectivity index (χ1n) is 9.12. The molecular formula is C20H28N4OS. The molecule has 140 valence electrons. The van der Waals surface area contributed by atoms with Crippen molar-refractivity contribution in [2.45, 2.75) is 12.6 Å². The highest BCUT2D eigenvalue weighted by molar-refractivity contribution is 7.10. The van der Waals surface area contributed by atoms with Gasteiger partial charge in [0, 0.05) is 44.1 Å². The number of piperazine rings is 1. The number of carbonyl (C=O) groups is 1. The van der Waals surface area contributed by atoms with Crippen LogP contribution in [0.3, 0.4) is 0 Å². The molecule has 0 bridgehead atoms.